The number of nitrogens with two attached hydrogens (primary N) is 1. The lowest BCUT2D eigenvalue weighted by Crippen LogP contribution is -2.40. The van der Waals surface area contributed by atoms with Crippen molar-refractivity contribution in [2.45, 2.75) is 25.3 Å². The van der Waals surface area contributed by atoms with Crippen LogP contribution >= 0.6 is 24.0 Å². The minimum atomic E-state index is -3.08. The van der Waals surface area contributed by atoms with Crippen LogP contribution in [0.5, 0.6) is 0 Å². The van der Waals surface area contributed by atoms with Gasteiger partial charge in [0.15, 0.2) is 15.8 Å². The van der Waals surface area contributed by atoms with Crippen molar-refractivity contribution < 1.29 is 13.2 Å². The molecule has 1 unspecified atom stereocenters. The molecule has 126 valence electrons. The number of rotatable bonds is 7. The molecule has 22 heavy (non-hydrogen) atoms. The van der Waals surface area contributed by atoms with Crippen molar-refractivity contribution >= 4 is 39.8 Å². The van der Waals surface area contributed by atoms with Gasteiger partial charge in [-0.3, -0.25) is 0 Å². The van der Waals surface area contributed by atoms with Crippen molar-refractivity contribution in [3.05, 3.63) is 35.4 Å². The lowest BCUT2D eigenvalue weighted by Gasteiger charge is -2.13. The predicted molar refractivity (Wildman–Crippen MR) is 100 cm³/mol. The molecule has 0 aliphatic heterocycles. The van der Waals surface area contributed by atoms with Gasteiger partial charge in [0.25, 0.3) is 0 Å². The molecule has 0 saturated heterocycles. The van der Waals surface area contributed by atoms with E-state index in [1.807, 2.05) is 25.1 Å². The molecule has 1 aromatic carbocycles. The Morgan fingerprint density at radius 1 is 1.36 bits per heavy atom. The molecule has 0 spiro atoms. The van der Waals surface area contributed by atoms with Gasteiger partial charge in [0.1, 0.15) is 0 Å². The van der Waals surface area contributed by atoms with Crippen LogP contribution in [-0.2, 0) is 26.9 Å². The first-order valence-corrected chi connectivity index (χ1v) is 8.67. The van der Waals surface area contributed by atoms with Crippen molar-refractivity contribution in [1.29, 1.82) is 0 Å². The average Bonchev–Trinajstić information content (AvgIpc) is 2.36. The maximum atomic E-state index is 11.4. The molecular weight excluding hydrogens is 417 g/mol. The van der Waals surface area contributed by atoms with Gasteiger partial charge in [0.2, 0.25) is 0 Å². The number of hydrogen-bond donors (Lipinski definition) is 2. The number of nitrogens with zero attached hydrogens (tertiary/aromatic N) is 1. The molecule has 0 bridgehead atoms. The molecule has 3 N–H and O–H groups in total. The standard InChI is InChI=1S/C14H23N3O3S.HI/c1-11(9-20-2)17-14(15)16-8-12-6-4-5-7-13(12)10-21(3,18)19;/h4-7,11H,8-10H2,1-3H3,(H3,15,16,17);1H. The number of methoxy groups -OCH3 is 1. The van der Waals surface area contributed by atoms with Gasteiger partial charge < -0.3 is 15.8 Å². The Morgan fingerprint density at radius 2 is 1.95 bits per heavy atom. The second-order valence-corrected chi connectivity index (χ2v) is 7.18. The van der Waals surface area contributed by atoms with E-state index < -0.39 is 9.84 Å². The van der Waals surface area contributed by atoms with Crippen molar-refractivity contribution in [3.8, 4) is 0 Å². The van der Waals surface area contributed by atoms with Crippen LogP contribution in [0.4, 0.5) is 0 Å². The van der Waals surface area contributed by atoms with Crippen LogP contribution in [0.2, 0.25) is 0 Å². The van der Waals surface area contributed by atoms with E-state index in [2.05, 4.69) is 10.3 Å². The highest BCUT2D eigenvalue weighted by Gasteiger charge is 2.09. The molecule has 0 saturated carbocycles. The Hall–Kier alpha value is -0.870. The number of aliphatic imine (C=N–C) groups is 1. The molecule has 6 nitrogen and oxygen atoms in total. The fourth-order valence-electron chi connectivity index (χ4n) is 1.90. The van der Waals surface area contributed by atoms with Crippen LogP contribution < -0.4 is 11.1 Å². The molecule has 0 heterocycles. The van der Waals surface area contributed by atoms with E-state index in [0.29, 0.717) is 19.1 Å². The Morgan fingerprint density at radius 3 is 2.50 bits per heavy atom. The van der Waals surface area contributed by atoms with Crippen molar-refractivity contribution in [2.24, 2.45) is 10.7 Å². The molecule has 1 rings (SSSR count). The SMILES string of the molecule is COCC(C)NC(N)=NCc1ccccc1CS(C)(=O)=O.I. The summed E-state index contributed by atoms with van der Waals surface area (Å²) in [6, 6.07) is 7.38. The summed E-state index contributed by atoms with van der Waals surface area (Å²) in [6.07, 6.45) is 1.22. The second kappa shape index (κ2) is 10.0. The molecule has 1 atom stereocenters. The molecule has 0 fully saturated rings. The second-order valence-electron chi connectivity index (χ2n) is 5.04. The smallest absolute Gasteiger partial charge is 0.189 e. The Kier molecular flexibility index (Phi) is 9.61. The molecule has 1 aromatic rings. The van der Waals surface area contributed by atoms with Crippen LogP contribution in [0.3, 0.4) is 0 Å². The van der Waals surface area contributed by atoms with Gasteiger partial charge in [-0.05, 0) is 18.1 Å². The van der Waals surface area contributed by atoms with Crippen LogP contribution in [0.25, 0.3) is 0 Å². The molecule has 0 amide bonds. The quantitative estimate of drug-likeness (QED) is 0.378. The van der Waals surface area contributed by atoms with Crippen LogP contribution in [0.1, 0.15) is 18.1 Å². The Bertz CT molecular complexity index is 591. The van der Waals surface area contributed by atoms with E-state index in [1.54, 1.807) is 13.2 Å². The van der Waals surface area contributed by atoms with Gasteiger partial charge >= 0.3 is 0 Å². The fraction of sp³-hybridized carbons (Fsp3) is 0.500. The normalized spacial score (nSPS) is 13.3. The van der Waals surface area contributed by atoms with Crippen molar-refractivity contribution in [3.63, 3.8) is 0 Å². The van der Waals surface area contributed by atoms with Gasteiger partial charge in [-0.2, -0.15) is 0 Å². The highest BCUT2D eigenvalue weighted by Crippen LogP contribution is 2.13. The summed E-state index contributed by atoms with van der Waals surface area (Å²) in [5.41, 5.74) is 7.40. The summed E-state index contributed by atoms with van der Waals surface area (Å²) in [5, 5.41) is 3.00. The zero-order valence-corrected chi connectivity index (χ0v) is 16.2. The number of nitrogens with one attached hydrogen (secondary N) is 1. The zero-order chi connectivity index (χ0) is 15.9. The van der Waals surface area contributed by atoms with E-state index in [4.69, 9.17) is 10.5 Å². The molecule has 0 aliphatic rings. The van der Waals surface area contributed by atoms with E-state index in [9.17, 15) is 8.42 Å². The van der Waals surface area contributed by atoms with E-state index in [1.165, 1.54) is 6.26 Å². The topological polar surface area (TPSA) is 93.8 Å². The Labute approximate surface area is 149 Å². The molecule has 0 aliphatic carbocycles. The number of ether oxygens (including phenoxy) is 1. The summed E-state index contributed by atoms with van der Waals surface area (Å²) in [5.74, 6) is 0.320. The number of benzene rings is 1. The molecule has 8 heteroatoms. The number of guanidine groups is 1. The third-order valence-corrected chi connectivity index (χ3v) is 3.60. The van der Waals surface area contributed by atoms with Gasteiger partial charge in [-0.1, -0.05) is 24.3 Å². The first-order chi connectivity index (χ1) is 9.81. The van der Waals surface area contributed by atoms with Crippen molar-refractivity contribution in [2.75, 3.05) is 20.0 Å². The minimum absolute atomic E-state index is 0. The highest BCUT2D eigenvalue weighted by atomic mass is 127. The number of sulfone groups is 1. The largest absolute Gasteiger partial charge is 0.383 e. The third-order valence-electron chi connectivity index (χ3n) is 2.77. The number of hydrogen-bond acceptors (Lipinski definition) is 4. The van der Waals surface area contributed by atoms with E-state index in [0.717, 1.165) is 11.1 Å². The lowest BCUT2D eigenvalue weighted by atomic mass is 10.1. The van der Waals surface area contributed by atoms with Crippen molar-refractivity contribution in [1.82, 2.24) is 5.32 Å². The average molecular weight is 441 g/mol. The summed E-state index contributed by atoms with van der Waals surface area (Å²) < 4.78 is 27.8. The van der Waals surface area contributed by atoms with Crippen LogP contribution in [0, 0.1) is 0 Å². The predicted octanol–water partition coefficient (Wildman–Crippen LogP) is 1.29. The fourth-order valence-corrected chi connectivity index (χ4v) is 2.74. The third kappa shape index (κ3) is 8.54. The summed E-state index contributed by atoms with van der Waals surface area (Å²) in [7, 11) is -1.46. The lowest BCUT2D eigenvalue weighted by molar-refractivity contribution is 0.179. The Balaban J connectivity index is 0.00000441. The minimum Gasteiger partial charge on any atom is -0.383 e. The zero-order valence-electron chi connectivity index (χ0n) is 13.1. The number of halogens is 1. The van der Waals surface area contributed by atoms with Gasteiger partial charge in [0.05, 0.1) is 18.9 Å². The monoisotopic (exact) mass is 441 g/mol. The molecule has 0 aromatic heterocycles. The van der Waals surface area contributed by atoms with E-state index in [-0.39, 0.29) is 35.8 Å². The van der Waals surface area contributed by atoms with Crippen LogP contribution in [-0.4, -0.2) is 40.4 Å². The highest BCUT2D eigenvalue weighted by molar-refractivity contribution is 14.0. The molecule has 0 radical (unpaired) electrons. The summed E-state index contributed by atoms with van der Waals surface area (Å²) in [6.45, 7) is 2.80. The van der Waals surface area contributed by atoms with Crippen LogP contribution in [0.15, 0.2) is 29.3 Å². The summed E-state index contributed by atoms with van der Waals surface area (Å²) in [4.78, 5) is 4.24. The maximum absolute atomic E-state index is 11.4. The van der Waals surface area contributed by atoms with Gasteiger partial charge in [0, 0.05) is 19.4 Å². The first kappa shape index (κ1) is 21.1. The molecular formula is C14H24IN3O3S. The van der Waals surface area contributed by atoms with Gasteiger partial charge in [-0.25, -0.2) is 13.4 Å². The summed E-state index contributed by atoms with van der Waals surface area (Å²) >= 11 is 0. The van der Waals surface area contributed by atoms with E-state index >= 15 is 0 Å². The van der Waals surface area contributed by atoms with Gasteiger partial charge in [-0.15, -0.1) is 24.0 Å². The first-order valence-electron chi connectivity index (χ1n) is 6.61. The maximum Gasteiger partial charge on any atom is 0.189 e.